The third-order valence-electron chi connectivity index (χ3n) is 6.06. The van der Waals surface area contributed by atoms with Gasteiger partial charge in [0, 0.05) is 39.4 Å². The first kappa shape index (κ1) is 21.7. The Bertz CT molecular complexity index is 944. The fourth-order valence-corrected chi connectivity index (χ4v) is 5.44. The van der Waals surface area contributed by atoms with Gasteiger partial charge in [-0.25, -0.2) is 0 Å². The van der Waals surface area contributed by atoms with E-state index in [1.54, 1.807) is 6.07 Å². The normalized spacial score (nSPS) is 27.7. The van der Waals surface area contributed by atoms with E-state index < -0.39 is 0 Å². The highest BCUT2D eigenvalue weighted by atomic mass is 35.5. The van der Waals surface area contributed by atoms with Crippen molar-refractivity contribution in [1.82, 2.24) is 5.32 Å². The number of nitrogens with one attached hydrogen (secondary N) is 1. The van der Waals surface area contributed by atoms with Crippen LogP contribution in [0.5, 0.6) is 0 Å². The summed E-state index contributed by atoms with van der Waals surface area (Å²) in [6.45, 7) is 3.26. The van der Waals surface area contributed by atoms with E-state index in [1.807, 2.05) is 42.5 Å². The maximum absolute atomic E-state index is 12.8. The van der Waals surface area contributed by atoms with Crippen molar-refractivity contribution in [2.45, 2.75) is 31.2 Å². The largest absolute Gasteiger partial charge is 0.379 e. The molecule has 1 heterocycles. The number of carbonyl (C=O) groups is 1. The van der Waals surface area contributed by atoms with E-state index in [-0.39, 0.29) is 35.6 Å². The molecule has 1 unspecified atom stereocenters. The van der Waals surface area contributed by atoms with Crippen LogP contribution < -0.4 is 5.32 Å². The quantitative estimate of drug-likeness (QED) is 0.406. The number of hydrogen-bond donors (Lipinski definition) is 1. The lowest BCUT2D eigenvalue weighted by Crippen LogP contribution is -2.38. The van der Waals surface area contributed by atoms with E-state index in [4.69, 9.17) is 39.5 Å². The standard InChI is InChI=1S/C24H24Cl3NO2/c1-2-11-30-13-21-23-19(24(29)28-21)10-9-18(17-8-7-16(26)12-20(17)27)22(23)14-3-5-15(25)6-4-14/h3-10,12,18-19,21-23H,2,11,13H2,1H3,(H,28,29)/t18-,19?,21+,22-,23-/m0/s1. The van der Waals surface area contributed by atoms with E-state index >= 15 is 0 Å². The minimum Gasteiger partial charge on any atom is -0.379 e. The molecule has 2 aromatic carbocycles. The number of allylic oxidation sites excluding steroid dienone is 1. The van der Waals surface area contributed by atoms with Gasteiger partial charge in [0.1, 0.15) is 0 Å². The van der Waals surface area contributed by atoms with Gasteiger partial charge in [0.25, 0.3) is 0 Å². The predicted octanol–water partition coefficient (Wildman–Crippen LogP) is 6.24. The summed E-state index contributed by atoms with van der Waals surface area (Å²) in [6.07, 6.45) is 5.09. The lowest BCUT2D eigenvalue weighted by atomic mass is 9.65. The second-order valence-corrected chi connectivity index (χ2v) is 9.23. The third kappa shape index (κ3) is 4.27. The fourth-order valence-electron chi connectivity index (χ4n) is 4.78. The molecule has 1 aliphatic carbocycles. The van der Waals surface area contributed by atoms with Crippen molar-refractivity contribution in [2.75, 3.05) is 13.2 Å². The zero-order valence-corrected chi connectivity index (χ0v) is 18.9. The Morgan fingerprint density at radius 3 is 2.37 bits per heavy atom. The second kappa shape index (κ2) is 9.32. The molecule has 3 nitrogen and oxygen atoms in total. The van der Waals surface area contributed by atoms with Crippen LogP contribution in [0.3, 0.4) is 0 Å². The molecule has 0 saturated carbocycles. The number of hydrogen-bond acceptors (Lipinski definition) is 2. The first-order chi connectivity index (χ1) is 14.5. The van der Waals surface area contributed by atoms with Gasteiger partial charge in [-0.1, -0.05) is 72.1 Å². The first-order valence-electron chi connectivity index (χ1n) is 10.3. The Labute approximate surface area is 192 Å². The van der Waals surface area contributed by atoms with E-state index in [2.05, 4.69) is 18.3 Å². The Hall–Kier alpha value is -1.52. The molecule has 2 aliphatic rings. The Morgan fingerprint density at radius 1 is 0.967 bits per heavy atom. The number of fused-ring (bicyclic) bond motifs is 1. The maximum Gasteiger partial charge on any atom is 0.227 e. The monoisotopic (exact) mass is 463 g/mol. The zero-order valence-electron chi connectivity index (χ0n) is 16.7. The lowest BCUT2D eigenvalue weighted by molar-refractivity contribution is -0.122. The van der Waals surface area contributed by atoms with Crippen molar-refractivity contribution < 1.29 is 9.53 Å². The van der Waals surface area contributed by atoms with Gasteiger partial charge in [-0.3, -0.25) is 4.79 Å². The summed E-state index contributed by atoms with van der Waals surface area (Å²) in [7, 11) is 0. The van der Waals surface area contributed by atoms with Gasteiger partial charge in [0.05, 0.1) is 18.6 Å². The van der Waals surface area contributed by atoms with E-state index in [0.717, 1.165) is 17.5 Å². The summed E-state index contributed by atoms with van der Waals surface area (Å²) in [5.41, 5.74) is 2.13. The zero-order chi connectivity index (χ0) is 21.3. The van der Waals surface area contributed by atoms with Crippen LogP contribution in [0, 0.1) is 11.8 Å². The highest BCUT2D eigenvalue weighted by Crippen LogP contribution is 2.51. The van der Waals surface area contributed by atoms with Gasteiger partial charge in [-0.2, -0.15) is 0 Å². The van der Waals surface area contributed by atoms with Crippen molar-refractivity contribution >= 4 is 40.7 Å². The Morgan fingerprint density at radius 2 is 1.67 bits per heavy atom. The SMILES string of the molecule is CCCOC[C@H]1NC(=O)C2C=C[C@@H](c3ccc(Cl)cc3Cl)[C@H](c3ccc(Cl)cc3)[C@@H]21. The van der Waals surface area contributed by atoms with Gasteiger partial charge >= 0.3 is 0 Å². The van der Waals surface area contributed by atoms with Crippen molar-refractivity contribution in [1.29, 1.82) is 0 Å². The molecule has 0 spiro atoms. The minimum atomic E-state index is -0.191. The summed E-state index contributed by atoms with van der Waals surface area (Å²) < 4.78 is 5.84. The van der Waals surface area contributed by atoms with Crippen LogP contribution in [0.25, 0.3) is 0 Å². The molecular formula is C24H24Cl3NO2. The molecule has 0 radical (unpaired) electrons. The summed E-state index contributed by atoms with van der Waals surface area (Å²) >= 11 is 18.9. The number of amides is 1. The highest BCUT2D eigenvalue weighted by Gasteiger charge is 2.50. The van der Waals surface area contributed by atoms with Crippen molar-refractivity contribution in [2.24, 2.45) is 11.8 Å². The first-order valence-corrected chi connectivity index (χ1v) is 11.4. The Kier molecular flexibility index (Phi) is 6.74. The van der Waals surface area contributed by atoms with E-state index in [9.17, 15) is 4.79 Å². The van der Waals surface area contributed by atoms with Crippen LogP contribution >= 0.6 is 34.8 Å². The molecule has 0 aromatic heterocycles. The number of rotatable bonds is 6. The maximum atomic E-state index is 12.8. The molecule has 2 aromatic rings. The Balaban J connectivity index is 1.78. The molecule has 6 heteroatoms. The van der Waals surface area contributed by atoms with Gasteiger partial charge < -0.3 is 10.1 Å². The van der Waals surface area contributed by atoms with Crippen LogP contribution in [0.1, 0.15) is 36.3 Å². The summed E-state index contributed by atoms with van der Waals surface area (Å²) in [6, 6.07) is 13.5. The molecule has 1 N–H and O–H groups in total. The fraction of sp³-hybridized carbons (Fsp3) is 0.375. The summed E-state index contributed by atoms with van der Waals surface area (Å²) in [4.78, 5) is 12.8. The number of benzene rings is 2. The molecule has 1 fully saturated rings. The average Bonchev–Trinajstić information content (AvgIpc) is 3.04. The molecule has 1 amide bonds. The number of carbonyl (C=O) groups excluding carboxylic acids is 1. The molecule has 158 valence electrons. The smallest absolute Gasteiger partial charge is 0.227 e. The molecule has 5 atom stereocenters. The second-order valence-electron chi connectivity index (χ2n) is 7.95. The number of halogens is 3. The van der Waals surface area contributed by atoms with Gasteiger partial charge in [0.2, 0.25) is 5.91 Å². The molecule has 30 heavy (non-hydrogen) atoms. The van der Waals surface area contributed by atoms with Gasteiger partial charge in [-0.15, -0.1) is 0 Å². The molecular weight excluding hydrogens is 441 g/mol. The van der Waals surface area contributed by atoms with Crippen LogP contribution in [0.2, 0.25) is 15.1 Å². The topological polar surface area (TPSA) is 38.3 Å². The summed E-state index contributed by atoms with van der Waals surface area (Å²) in [5.74, 6) is -0.0230. The molecule has 1 aliphatic heterocycles. The minimum absolute atomic E-state index is 0.0126. The van der Waals surface area contributed by atoms with Crippen LogP contribution in [0.15, 0.2) is 54.6 Å². The molecule has 1 saturated heterocycles. The lowest BCUT2D eigenvalue weighted by Gasteiger charge is -2.38. The van der Waals surface area contributed by atoms with Crippen molar-refractivity contribution in [3.8, 4) is 0 Å². The average molecular weight is 465 g/mol. The van der Waals surface area contributed by atoms with E-state index in [1.165, 1.54) is 0 Å². The van der Waals surface area contributed by atoms with Gasteiger partial charge in [0.15, 0.2) is 0 Å². The highest BCUT2D eigenvalue weighted by molar-refractivity contribution is 6.35. The van der Waals surface area contributed by atoms with Crippen molar-refractivity contribution in [3.05, 3.63) is 80.8 Å². The number of ether oxygens (including phenoxy) is 1. The van der Waals surface area contributed by atoms with Crippen LogP contribution in [0.4, 0.5) is 0 Å². The van der Waals surface area contributed by atoms with Gasteiger partial charge in [-0.05, 0) is 41.8 Å². The van der Waals surface area contributed by atoms with E-state index in [0.29, 0.717) is 28.3 Å². The summed E-state index contributed by atoms with van der Waals surface area (Å²) in [5, 5.41) is 5.09. The molecule has 0 bridgehead atoms. The van der Waals surface area contributed by atoms with Crippen molar-refractivity contribution in [3.63, 3.8) is 0 Å². The third-order valence-corrected chi connectivity index (χ3v) is 6.87. The predicted molar refractivity (Wildman–Crippen MR) is 123 cm³/mol. The van der Waals surface area contributed by atoms with Crippen LogP contribution in [-0.4, -0.2) is 25.2 Å². The molecule has 4 rings (SSSR count). The van der Waals surface area contributed by atoms with Crippen LogP contribution in [-0.2, 0) is 9.53 Å².